The van der Waals surface area contributed by atoms with Gasteiger partial charge in [0.25, 0.3) is 5.22 Å². The molecule has 2 aromatic carbocycles. The van der Waals surface area contributed by atoms with Gasteiger partial charge in [-0.05, 0) is 48.9 Å². The highest BCUT2D eigenvalue weighted by molar-refractivity contribution is 9.10. The molecule has 0 saturated carbocycles. The largest absolute Gasteiger partial charge is 0.411 e. The molecular weight excluding hydrogens is 433 g/mol. The Balaban J connectivity index is 1.61. The van der Waals surface area contributed by atoms with Gasteiger partial charge >= 0.3 is 0 Å². The van der Waals surface area contributed by atoms with Crippen molar-refractivity contribution in [2.24, 2.45) is 0 Å². The van der Waals surface area contributed by atoms with Gasteiger partial charge in [0, 0.05) is 23.6 Å². The van der Waals surface area contributed by atoms with Crippen LogP contribution in [0.2, 0.25) is 0 Å². The van der Waals surface area contributed by atoms with Crippen LogP contribution in [0, 0.1) is 5.82 Å². The Morgan fingerprint density at radius 2 is 2.00 bits per heavy atom. The Hall–Kier alpha value is -2.19. The van der Waals surface area contributed by atoms with E-state index < -0.39 is 5.25 Å². The maximum absolute atomic E-state index is 13.3. The average Bonchev–Trinajstić information content (AvgIpc) is 3.10. The maximum atomic E-state index is 13.3. The van der Waals surface area contributed by atoms with Crippen molar-refractivity contribution in [2.45, 2.75) is 23.9 Å². The minimum Gasteiger partial charge on any atom is -0.411 e. The number of carbonyl (C=O) groups is 1. The Labute approximate surface area is 169 Å². The summed E-state index contributed by atoms with van der Waals surface area (Å²) in [6.45, 7) is 2.11. The number of hydrogen-bond acceptors (Lipinski definition) is 5. The summed E-state index contributed by atoms with van der Waals surface area (Å²) < 4.78 is 19.9. The third-order valence-corrected chi connectivity index (χ3v) is 5.26. The maximum Gasteiger partial charge on any atom is 0.277 e. The molecule has 140 valence electrons. The molecule has 0 fully saturated rings. The van der Waals surface area contributed by atoms with E-state index in [0.29, 0.717) is 17.7 Å². The predicted octanol–water partition coefficient (Wildman–Crippen LogP) is 4.78. The molecule has 1 heterocycles. The normalized spacial score (nSPS) is 12.0. The molecule has 0 aliphatic rings. The lowest BCUT2D eigenvalue weighted by Gasteiger charge is -2.20. The molecule has 5 nitrogen and oxygen atoms in total. The number of halogens is 2. The van der Waals surface area contributed by atoms with Crippen molar-refractivity contribution in [2.75, 3.05) is 7.05 Å². The van der Waals surface area contributed by atoms with E-state index in [0.717, 1.165) is 15.6 Å². The van der Waals surface area contributed by atoms with Crippen LogP contribution < -0.4 is 0 Å². The Morgan fingerprint density at radius 3 is 2.70 bits per heavy atom. The second-order valence-corrected chi connectivity index (χ2v) is 8.17. The van der Waals surface area contributed by atoms with Gasteiger partial charge < -0.3 is 9.32 Å². The van der Waals surface area contributed by atoms with Crippen molar-refractivity contribution in [3.05, 3.63) is 64.4 Å². The fourth-order valence-electron chi connectivity index (χ4n) is 2.47. The van der Waals surface area contributed by atoms with E-state index in [1.165, 1.54) is 23.9 Å². The van der Waals surface area contributed by atoms with Gasteiger partial charge in [0.05, 0.1) is 5.25 Å². The summed E-state index contributed by atoms with van der Waals surface area (Å²) in [5.41, 5.74) is 1.54. The van der Waals surface area contributed by atoms with Crippen LogP contribution in [-0.4, -0.2) is 33.3 Å². The molecule has 0 aliphatic carbocycles. The van der Waals surface area contributed by atoms with Crippen LogP contribution in [0.25, 0.3) is 11.5 Å². The smallest absolute Gasteiger partial charge is 0.277 e. The number of hydrogen-bond donors (Lipinski definition) is 0. The van der Waals surface area contributed by atoms with Gasteiger partial charge in [-0.3, -0.25) is 4.79 Å². The lowest BCUT2D eigenvalue weighted by Crippen LogP contribution is -2.32. The Bertz CT molecular complexity index is 933. The van der Waals surface area contributed by atoms with Crippen molar-refractivity contribution in [1.82, 2.24) is 15.1 Å². The van der Waals surface area contributed by atoms with Crippen molar-refractivity contribution >= 4 is 33.6 Å². The molecule has 1 unspecified atom stereocenters. The molecule has 0 radical (unpaired) electrons. The van der Waals surface area contributed by atoms with E-state index in [1.807, 2.05) is 24.3 Å². The number of carbonyl (C=O) groups excluding carboxylic acids is 1. The van der Waals surface area contributed by atoms with Gasteiger partial charge in [-0.25, -0.2) is 4.39 Å². The van der Waals surface area contributed by atoms with E-state index in [-0.39, 0.29) is 11.7 Å². The van der Waals surface area contributed by atoms with Crippen molar-refractivity contribution < 1.29 is 13.6 Å². The summed E-state index contributed by atoms with van der Waals surface area (Å²) in [6, 6.07) is 13.7. The van der Waals surface area contributed by atoms with Crippen LogP contribution in [-0.2, 0) is 11.3 Å². The molecule has 0 spiro atoms. The van der Waals surface area contributed by atoms with E-state index >= 15 is 0 Å². The second kappa shape index (κ2) is 8.67. The first-order valence-corrected chi connectivity index (χ1v) is 9.85. The van der Waals surface area contributed by atoms with Gasteiger partial charge in [-0.15, -0.1) is 10.2 Å². The molecule has 8 heteroatoms. The van der Waals surface area contributed by atoms with Crippen molar-refractivity contribution in [1.29, 1.82) is 0 Å². The molecule has 0 aliphatic heterocycles. The summed E-state index contributed by atoms with van der Waals surface area (Å²) in [5.74, 6) is -0.0208. The Morgan fingerprint density at radius 1 is 1.26 bits per heavy atom. The van der Waals surface area contributed by atoms with Crippen LogP contribution in [0.5, 0.6) is 0 Å². The average molecular weight is 450 g/mol. The highest BCUT2D eigenvalue weighted by Gasteiger charge is 2.22. The van der Waals surface area contributed by atoms with E-state index in [2.05, 4.69) is 26.1 Å². The number of thioether (sulfide) groups is 1. The Kier molecular flexibility index (Phi) is 6.28. The third-order valence-electron chi connectivity index (χ3n) is 3.81. The van der Waals surface area contributed by atoms with E-state index in [4.69, 9.17) is 4.42 Å². The summed E-state index contributed by atoms with van der Waals surface area (Å²) in [4.78, 5) is 14.1. The molecule has 0 saturated heterocycles. The first kappa shape index (κ1) is 19.6. The highest BCUT2D eigenvalue weighted by atomic mass is 79.9. The fraction of sp³-hybridized carbons (Fsp3) is 0.211. The number of nitrogens with zero attached hydrogens (tertiary/aromatic N) is 3. The van der Waals surface area contributed by atoms with Gasteiger partial charge in [-0.1, -0.05) is 39.8 Å². The number of rotatable bonds is 6. The first-order valence-electron chi connectivity index (χ1n) is 8.18. The lowest BCUT2D eigenvalue weighted by atomic mass is 10.2. The monoisotopic (exact) mass is 449 g/mol. The standard InChI is InChI=1S/C19H17BrFN3O2S/c1-12(18(25)24(2)11-13-4-3-5-16(21)10-13)27-19-23-22-17(26-19)14-6-8-15(20)9-7-14/h3-10,12H,11H2,1-2H3. The molecule has 0 bridgehead atoms. The third kappa shape index (κ3) is 5.17. The highest BCUT2D eigenvalue weighted by Crippen LogP contribution is 2.27. The molecule has 3 aromatic rings. The van der Waals surface area contributed by atoms with Crippen molar-refractivity contribution in [3.8, 4) is 11.5 Å². The van der Waals surface area contributed by atoms with Gasteiger partial charge in [0.2, 0.25) is 11.8 Å². The second-order valence-electron chi connectivity index (χ2n) is 5.96. The number of aromatic nitrogens is 2. The van der Waals surface area contributed by atoms with Crippen molar-refractivity contribution in [3.63, 3.8) is 0 Å². The molecule has 27 heavy (non-hydrogen) atoms. The lowest BCUT2D eigenvalue weighted by molar-refractivity contribution is -0.129. The zero-order valence-electron chi connectivity index (χ0n) is 14.7. The molecule has 1 atom stereocenters. The summed E-state index contributed by atoms with van der Waals surface area (Å²) in [7, 11) is 1.69. The summed E-state index contributed by atoms with van der Waals surface area (Å²) in [5, 5.41) is 7.95. The minimum absolute atomic E-state index is 0.104. The number of amides is 1. The topological polar surface area (TPSA) is 59.2 Å². The van der Waals surface area contributed by atoms with E-state index in [1.54, 1.807) is 31.0 Å². The van der Waals surface area contributed by atoms with E-state index in [9.17, 15) is 9.18 Å². The zero-order chi connectivity index (χ0) is 19.4. The summed E-state index contributed by atoms with van der Waals surface area (Å²) in [6.07, 6.45) is 0. The quantitative estimate of drug-likeness (QED) is 0.506. The molecule has 3 rings (SSSR count). The SMILES string of the molecule is CC(Sc1nnc(-c2ccc(Br)cc2)o1)C(=O)N(C)Cc1cccc(F)c1. The van der Waals surface area contributed by atoms with Crippen LogP contribution in [0.3, 0.4) is 0 Å². The fourth-order valence-corrected chi connectivity index (χ4v) is 3.53. The van der Waals surface area contributed by atoms with Crippen LogP contribution in [0.4, 0.5) is 4.39 Å². The number of benzene rings is 2. The molecule has 1 aromatic heterocycles. The molecule has 1 amide bonds. The van der Waals surface area contributed by atoms with Gasteiger partial charge in [-0.2, -0.15) is 0 Å². The predicted molar refractivity (Wildman–Crippen MR) is 106 cm³/mol. The van der Waals surface area contributed by atoms with Gasteiger partial charge in [0.1, 0.15) is 5.82 Å². The minimum atomic E-state index is -0.415. The molecule has 0 N–H and O–H groups in total. The van der Waals surface area contributed by atoms with Gasteiger partial charge in [0.15, 0.2) is 0 Å². The molecular formula is C19H17BrFN3O2S. The summed E-state index contributed by atoms with van der Waals surface area (Å²) >= 11 is 4.58. The zero-order valence-corrected chi connectivity index (χ0v) is 17.1. The van der Waals surface area contributed by atoms with Crippen LogP contribution in [0.15, 0.2) is 62.6 Å². The van der Waals surface area contributed by atoms with Crippen LogP contribution in [0.1, 0.15) is 12.5 Å². The van der Waals surface area contributed by atoms with Crippen LogP contribution >= 0.6 is 27.7 Å². The first-order chi connectivity index (χ1) is 12.9.